The number of nitrogens with one attached hydrogen (secondary N) is 1. The Hall–Kier alpha value is -0.120. The molecule has 114 valence electrons. The SMILES string of the molecule is CCC(CC)(CNC(C)C)CN(C)CC1CC(O)C1. The fraction of sp³-hybridized carbons (Fsp3) is 1.00. The third-order valence-electron chi connectivity index (χ3n) is 4.77. The summed E-state index contributed by atoms with van der Waals surface area (Å²) >= 11 is 0. The molecule has 2 N–H and O–H groups in total. The van der Waals surface area contributed by atoms with Crippen molar-refractivity contribution in [2.24, 2.45) is 11.3 Å². The third kappa shape index (κ3) is 5.41. The van der Waals surface area contributed by atoms with Crippen molar-refractivity contribution in [2.45, 2.75) is 65.5 Å². The van der Waals surface area contributed by atoms with Crippen molar-refractivity contribution >= 4 is 0 Å². The average molecular weight is 270 g/mol. The second-order valence-corrected chi connectivity index (χ2v) is 6.93. The van der Waals surface area contributed by atoms with Gasteiger partial charge in [-0.3, -0.25) is 0 Å². The van der Waals surface area contributed by atoms with Crippen LogP contribution in [0, 0.1) is 11.3 Å². The third-order valence-corrected chi connectivity index (χ3v) is 4.77. The summed E-state index contributed by atoms with van der Waals surface area (Å²) in [4.78, 5) is 2.48. The number of hydrogen-bond acceptors (Lipinski definition) is 3. The van der Waals surface area contributed by atoms with Crippen LogP contribution in [-0.2, 0) is 0 Å². The van der Waals surface area contributed by atoms with Crippen LogP contribution < -0.4 is 5.32 Å². The van der Waals surface area contributed by atoms with Gasteiger partial charge in [-0.15, -0.1) is 0 Å². The Kier molecular flexibility index (Phi) is 6.78. The summed E-state index contributed by atoms with van der Waals surface area (Å²) in [5, 5.41) is 13.0. The fourth-order valence-corrected chi connectivity index (χ4v) is 3.13. The molecule has 0 saturated heterocycles. The van der Waals surface area contributed by atoms with Crippen molar-refractivity contribution in [3.63, 3.8) is 0 Å². The number of rotatable bonds is 9. The summed E-state index contributed by atoms with van der Waals surface area (Å²) in [7, 11) is 2.24. The minimum Gasteiger partial charge on any atom is -0.393 e. The van der Waals surface area contributed by atoms with Gasteiger partial charge in [0.2, 0.25) is 0 Å². The van der Waals surface area contributed by atoms with Crippen LogP contribution in [0.5, 0.6) is 0 Å². The van der Waals surface area contributed by atoms with E-state index in [2.05, 4.69) is 45.0 Å². The van der Waals surface area contributed by atoms with Crippen molar-refractivity contribution in [1.82, 2.24) is 10.2 Å². The molecule has 0 radical (unpaired) electrons. The molecule has 1 saturated carbocycles. The van der Waals surface area contributed by atoms with E-state index in [-0.39, 0.29) is 6.10 Å². The van der Waals surface area contributed by atoms with Crippen molar-refractivity contribution in [2.75, 3.05) is 26.7 Å². The van der Waals surface area contributed by atoms with Gasteiger partial charge in [-0.2, -0.15) is 0 Å². The Morgan fingerprint density at radius 2 is 1.84 bits per heavy atom. The van der Waals surface area contributed by atoms with Crippen molar-refractivity contribution in [3.8, 4) is 0 Å². The van der Waals surface area contributed by atoms with Gasteiger partial charge in [0, 0.05) is 25.7 Å². The summed E-state index contributed by atoms with van der Waals surface area (Å²) in [6.45, 7) is 12.5. The molecular formula is C16H34N2O. The van der Waals surface area contributed by atoms with Crippen molar-refractivity contribution in [3.05, 3.63) is 0 Å². The van der Waals surface area contributed by atoms with Crippen LogP contribution >= 0.6 is 0 Å². The summed E-state index contributed by atoms with van der Waals surface area (Å²) in [5.41, 5.74) is 0.390. The molecule has 19 heavy (non-hydrogen) atoms. The fourth-order valence-electron chi connectivity index (χ4n) is 3.13. The van der Waals surface area contributed by atoms with E-state index >= 15 is 0 Å². The van der Waals surface area contributed by atoms with E-state index in [1.807, 2.05) is 0 Å². The lowest BCUT2D eigenvalue weighted by Crippen LogP contribution is -2.46. The second-order valence-electron chi connectivity index (χ2n) is 6.93. The highest BCUT2D eigenvalue weighted by Gasteiger charge is 2.31. The number of hydrogen-bond donors (Lipinski definition) is 2. The minimum atomic E-state index is -0.0249. The molecule has 0 atom stereocenters. The maximum absolute atomic E-state index is 9.37. The smallest absolute Gasteiger partial charge is 0.0546 e. The highest BCUT2D eigenvalue weighted by atomic mass is 16.3. The van der Waals surface area contributed by atoms with Gasteiger partial charge in [-0.1, -0.05) is 27.7 Å². The Bertz CT molecular complexity index is 245. The molecule has 3 nitrogen and oxygen atoms in total. The molecule has 0 aromatic heterocycles. The van der Waals surface area contributed by atoms with Crippen LogP contribution in [0.1, 0.15) is 53.4 Å². The van der Waals surface area contributed by atoms with Crippen LogP contribution in [0.15, 0.2) is 0 Å². The molecule has 0 aromatic carbocycles. The Balaban J connectivity index is 2.42. The number of aliphatic hydroxyl groups excluding tert-OH is 1. The highest BCUT2D eigenvalue weighted by Crippen LogP contribution is 2.30. The van der Waals surface area contributed by atoms with Gasteiger partial charge in [-0.25, -0.2) is 0 Å². The van der Waals surface area contributed by atoms with E-state index in [9.17, 15) is 5.11 Å². The first-order chi connectivity index (χ1) is 8.90. The van der Waals surface area contributed by atoms with Gasteiger partial charge in [-0.05, 0) is 44.1 Å². The van der Waals surface area contributed by atoms with Crippen LogP contribution in [0.3, 0.4) is 0 Å². The van der Waals surface area contributed by atoms with E-state index in [1.165, 1.54) is 12.8 Å². The Morgan fingerprint density at radius 1 is 1.26 bits per heavy atom. The molecule has 0 bridgehead atoms. The van der Waals surface area contributed by atoms with E-state index in [4.69, 9.17) is 0 Å². The predicted molar refractivity (Wildman–Crippen MR) is 82.4 cm³/mol. The van der Waals surface area contributed by atoms with Gasteiger partial charge in [0.1, 0.15) is 0 Å². The molecule has 0 aromatic rings. The molecule has 0 heterocycles. The first-order valence-electron chi connectivity index (χ1n) is 8.00. The molecule has 1 fully saturated rings. The molecule has 1 rings (SSSR count). The predicted octanol–water partition coefficient (Wildman–Crippen LogP) is 2.49. The molecule has 0 aliphatic heterocycles. The van der Waals surface area contributed by atoms with Gasteiger partial charge >= 0.3 is 0 Å². The van der Waals surface area contributed by atoms with Gasteiger partial charge in [0.05, 0.1) is 6.10 Å². The average Bonchev–Trinajstić information content (AvgIpc) is 2.32. The van der Waals surface area contributed by atoms with E-state index < -0.39 is 0 Å². The van der Waals surface area contributed by atoms with Gasteiger partial charge in [0.15, 0.2) is 0 Å². The molecule has 3 heteroatoms. The summed E-state index contributed by atoms with van der Waals surface area (Å²) in [6.07, 6.45) is 4.42. The largest absolute Gasteiger partial charge is 0.393 e. The van der Waals surface area contributed by atoms with Crippen molar-refractivity contribution in [1.29, 1.82) is 0 Å². The highest BCUT2D eigenvalue weighted by molar-refractivity contribution is 4.86. The summed E-state index contributed by atoms with van der Waals surface area (Å²) in [5.74, 6) is 0.712. The lowest BCUT2D eigenvalue weighted by atomic mass is 9.79. The first kappa shape index (κ1) is 16.9. The van der Waals surface area contributed by atoms with Gasteiger partial charge in [0.25, 0.3) is 0 Å². The normalized spacial score (nSPS) is 24.0. The topological polar surface area (TPSA) is 35.5 Å². The van der Waals surface area contributed by atoms with Gasteiger partial charge < -0.3 is 15.3 Å². The first-order valence-corrected chi connectivity index (χ1v) is 8.00. The molecule has 0 amide bonds. The second kappa shape index (κ2) is 7.61. The zero-order valence-corrected chi connectivity index (χ0v) is 13.6. The molecule has 1 aliphatic carbocycles. The zero-order chi connectivity index (χ0) is 14.5. The maximum atomic E-state index is 9.37. The summed E-state index contributed by atoms with van der Waals surface area (Å²) < 4.78 is 0. The lowest BCUT2D eigenvalue weighted by Gasteiger charge is -2.40. The monoisotopic (exact) mass is 270 g/mol. The Morgan fingerprint density at radius 3 is 2.26 bits per heavy atom. The van der Waals surface area contributed by atoms with E-state index in [1.54, 1.807) is 0 Å². The molecule has 0 unspecified atom stereocenters. The summed E-state index contributed by atoms with van der Waals surface area (Å²) in [6, 6.07) is 0.560. The van der Waals surface area contributed by atoms with Crippen LogP contribution in [0.2, 0.25) is 0 Å². The Labute approximate surface area is 119 Å². The van der Waals surface area contributed by atoms with Crippen LogP contribution in [0.25, 0.3) is 0 Å². The quantitative estimate of drug-likeness (QED) is 0.676. The van der Waals surface area contributed by atoms with E-state index in [0.29, 0.717) is 17.4 Å². The standard InChI is InChI=1S/C16H34N2O/c1-6-16(7-2,11-17-13(3)4)12-18(5)10-14-8-15(19)9-14/h13-15,17,19H,6-12H2,1-5H3. The van der Waals surface area contributed by atoms with Crippen molar-refractivity contribution < 1.29 is 5.11 Å². The zero-order valence-electron chi connectivity index (χ0n) is 13.6. The number of aliphatic hydroxyl groups is 1. The number of nitrogens with zero attached hydrogens (tertiary/aromatic N) is 1. The van der Waals surface area contributed by atoms with Crippen LogP contribution in [0.4, 0.5) is 0 Å². The molecule has 1 aliphatic rings. The molecule has 0 spiro atoms. The minimum absolute atomic E-state index is 0.0249. The van der Waals surface area contributed by atoms with Crippen LogP contribution in [-0.4, -0.2) is 48.8 Å². The lowest BCUT2D eigenvalue weighted by molar-refractivity contribution is 0.0206. The maximum Gasteiger partial charge on any atom is 0.0546 e. The van der Waals surface area contributed by atoms with E-state index in [0.717, 1.165) is 32.5 Å². The molecular weight excluding hydrogens is 236 g/mol.